The zero-order valence-electron chi connectivity index (χ0n) is 17.1. The first-order valence-corrected chi connectivity index (χ1v) is 10.3. The van der Waals surface area contributed by atoms with Crippen molar-refractivity contribution in [3.63, 3.8) is 0 Å². The van der Waals surface area contributed by atoms with E-state index >= 15 is 0 Å². The molecule has 0 atom stereocenters. The van der Waals surface area contributed by atoms with Crippen LogP contribution in [-0.4, -0.2) is 33.5 Å². The van der Waals surface area contributed by atoms with Gasteiger partial charge in [-0.15, -0.1) is 11.3 Å². The summed E-state index contributed by atoms with van der Waals surface area (Å²) in [7, 11) is 1.71. The molecule has 1 N–H and O–H groups in total. The molecule has 7 heteroatoms. The Morgan fingerprint density at radius 3 is 2.70 bits per heavy atom. The van der Waals surface area contributed by atoms with E-state index < -0.39 is 0 Å². The number of aromatic nitrogens is 4. The molecule has 0 spiro atoms. The van der Waals surface area contributed by atoms with Gasteiger partial charge in [-0.25, -0.2) is 9.97 Å². The van der Waals surface area contributed by atoms with Crippen molar-refractivity contribution in [1.29, 1.82) is 0 Å². The van der Waals surface area contributed by atoms with Gasteiger partial charge in [-0.3, -0.25) is 4.68 Å². The maximum atomic E-state index is 5.18. The van der Waals surface area contributed by atoms with Crippen LogP contribution in [0.3, 0.4) is 0 Å². The Bertz CT molecular complexity index is 928. The third-order valence-corrected chi connectivity index (χ3v) is 5.64. The van der Waals surface area contributed by atoms with Gasteiger partial charge in [-0.2, -0.15) is 5.10 Å². The Hall–Kier alpha value is -1.99. The van der Waals surface area contributed by atoms with Gasteiger partial charge in [-0.05, 0) is 44.1 Å². The van der Waals surface area contributed by atoms with Crippen LogP contribution in [0, 0.1) is 26.7 Å². The second-order valence-electron chi connectivity index (χ2n) is 7.38. The van der Waals surface area contributed by atoms with Crippen LogP contribution in [0.25, 0.3) is 10.2 Å². The second kappa shape index (κ2) is 8.35. The van der Waals surface area contributed by atoms with Crippen molar-refractivity contribution in [2.75, 3.05) is 19.0 Å². The van der Waals surface area contributed by atoms with E-state index in [0.717, 1.165) is 35.1 Å². The molecule has 0 aliphatic rings. The van der Waals surface area contributed by atoms with E-state index in [2.05, 4.69) is 48.5 Å². The number of aryl methyl sites for hydroxylation is 2. The number of hydrogen-bond donors (Lipinski definition) is 1. The van der Waals surface area contributed by atoms with Crippen LogP contribution in [-0.2, 0) is 24.2 Å². The van der Waals surface area contributed by atoms with Gasteiger partial charge in [-0.1, -0.05) is 13.8 Å². The van der Waals surface area contributed by atoms with Crippen molar-refractivity contribution in [3.8, 4) is 0 Å². The maximum absolute atomic E-state index is 5.18. The first-order chi connectivity index (χ1) is 12.9. The number of nitrogens with one attached hydrogen (secondary N) is 1. The standard InChI is InChI=1S/C20H29N5OS/c1-12(2)9-16-11-27-20-18(16)19(22-15(5)23-20)21-10-17-13(3)24-25(14(17)4)7-8-26-6/h11-12H,7-10H2,1-6H3,(H,21,22,23). The predicted octanol–water partition coefficient (Wildman–Crippen LogP) is 4.27. The average Bonchev–Trinajstić information content (AvgIpc) is 3.11. The summed E-state index contributed by atoms with van der Waals surface area (Å²) in [6.07, 6.45) is 1.04. The van der Waals surface area contributed by atoms with Crippen molar-refractivity contribution in [1.82, 2.24) is 19.7 Å². The highest BCUT2D eigenvalue weighted by molar-refractivity contribution is 7.17. The van der Waals surface area contributed by atoms with Crippen LogP contribution >= 0.6 is 11.3 Å². The summed E-state index contributed by atoms with van der Waals surface area (Å²) < 4.78 is 7.20. The minimum absolute atomic E-state index is 0.598. The van der Waals surface area contributed by atoms with Crippen LogP contribution in [0.15, 0.2) is 5.38 Å². The molecule has 0 aromatic carbocycles. The highest BCUT2D eigenvalue weighted by atomic mass is 32.1. The Morgan fingerprint density at radius 1 is 1.22 bits per heavy atom. The molecular formula is C20H29N5OS. The van der Waals surface area contributed by atoms with E-state index in [4.69, 9.17) is 9.72 Å². The zero-order chi connectivity index (χ0) is 19.6. The molecule has 6 nitrogen and oxygen atoms in total. The smallest absolute Gasteiger partial charge is 0.139 e. The molecule has 3 heterocycles. The normalized spacial score (nSPS) is 11.7. The monoisotopic (exact) mass is 387 g/mol. The number of thiophene rings is 1. The minimum atomic E-state index is 0.598. The van der Waals surface area contributed by atoms with Crippen molar-refractivity contribution >= 4 is 27.4 Å². The maximum Gasteiger partial charge on any atom is 0.139 e. The molecule has 0 saturated heterocycles. The van der Waals surface area contributed by atoms with Crippen LogP contribution in [0.4, 0.5) is 5.82 Å². The van der Waals surface area contributed by atoms with E-state index in [-0.39, 0.29) is 0 Å². The number of anilines is 1. The van der Waals surface area contributed by atoms with Gasteiger partial charge in [0.05, 0.1) is 24.2 Å². The highest BCUT2D eigenvalue weighted by Crippen LogP contribution is 2.32. The number of ether oxygens (including phenoxy) is 1. The molecule has 0 aliphatic heterocycles. The fourth-order valence-electron chi connectivity index (χ4n) is 3.38. The zero-order valence-corrected chi connectivity index (χ0v) is 17.9. The Morgan fingerprint density at radius 2 is 2.00 bits per heavy atom. The summed E-state index contributed by atoms with van der Waals surface area (Å²) in [5.41, 5.74) is 4.77. The number of hydrogen-bond acceptors (Lipinski definition) is 6. The fraction of sp³-hybridized carbons (Fsp3) is 0.550. The third kappa shape index (κ3) is 4.30. The van der Waals surface area contributed by atoms with Crippen LogP contribution in [0.1, 0.15) is 42.2 Å². The van der Waals surface area contributed by atoms with Crippen LogP contribution in [0.2, 0.25) is 0 Å². The summed E-state index contributed by atoms with van der Waals surface area (Å²) in [5.74, 6) is 2.32. The molecule has 0 bridgehead atoms. The van der Waals surface area contributed by atoms with Gasteiger partial charge in [0, 0.05) is 24.9 Å². The van der Waals surface area contributed by atoms with E-state index in [1.165, 1.54) is 22.2 Å². The van der Waals surface area contributed by atoms with Crippen molar-refractivity contribution in [2.24, 2.45) is 5.92 Å². The molecule has 0 fully saturated rings. The molecule has 27 heavy (non-hydrogen) atoms. The predicted molar refractivity (Wildman–Crippen MR) is 112 cm³/mol. The number of rotatable bonds is 8. The molecule has 0 saturated carbocycles. The second-order valence-corrected chi connectivity index (χ2v) is 8.24. The summed E-state index contributed by atoms with van der Waals surface area (Å²) in [4.78, 5) is 10.4. The number of fused-ring (bicyclic) bond motifs is 1. The lowest BCUT2D eigenvalue weighted by Crippen LogP contribution is -2.09. The van der Waals surface area contributed by atoms with Gasteiger partial charge in [0.25, 0.3) is 0 Å². The Balaban J connectivity index is 1.89. The number of methoxy groups -OCH3 is 1. The average molecular weight is 388 g/mol. The molecular weight excluding hydrogens is 358 g/mol. The summed E-state index contributed by atoms with van der Waals surface area (Å²) in [5, 5.41) is 11.6. The Kier molecular flexibility index (Phi) is 6.11. The lowest BCUT2D eigenvalue weighted by molar-refractivity contribution is 0.182. The van der Waals surface area contributed by atoms with Crippen LogP contribution < -0.4 is 5.32 Å². The van der Waals surface area contributed by atoms with Crippen molar-refractivity contribution < 1.29 is 4.74 Å². The van der Waals surface area contributed by atoms with E-state index in [1.54, 1.807) is 18.4 Å². The first-order valence-electron chi connectivity index (χ1n) is 9.41. The molecule has 0 unspecified atom stereocenters. The molecule has 0 radical (unpaired) electrons. The highest BCUT2D eigenvalue weighted by Gasteiger charge is 2.16. The summed E-state index contributed by atoms with van der Waals surface area (Å²) >= 11 is 1.70. The molecule has 0 amide bonds. The van der Waals surface area contributed by atoms with Gasteiger partial charge < -0.3 is 10.1 Å². The molecule has 3 rings (SSSR count). The Labute approximate surface area is 165 Å². The fourth-order valence-corrected chi connectivity index (χ4v) is 4.38. The van der Waals surface area contributed by atoms with Gasteiger partial charge in [0.1, 0.15) is 16.5 Å². The molecule has 3 aromatic heterocycles. The topological polar surface area (TPSA) is 64.9 Å². The minimum Gasteiger partial charge on any atom is -0.383 e. The van der Waals surface area contributed by atoms with Gasteiger partial charge in [0.15, 0.2) is 0 Å². The molecule has 0 aliphatic carbocycles. The van der Waals surface area contributed by atoms with Gasteiger partial charge >= 0.3 is 0 Å². The largest absolute Gasteiger partial charge is 0.383 e. The van der Waals surface area contributed by atoms with E-state index in [0.29, 0.717) is 19.1 Å². The van der Waals surface area contributed by atoms with Crippen LogP contribution in [0.5, 0.6) is 0 Å². The lowest BCUT2D eigenvalue weighted by atomic mass is 10.0. The summed E-state index contributed by atoms with van der Waals surface area (Å²) in [6, 6.07) is 0. The lowest BCUT2D eigenvalue weighted by Gasteiger charge is -2.11. The first kappa shape index (κ1) is 19.8. The number of nitrogens with zero attached hydrogens (tertiary/aromatic N) is 4. The third-order valence-electron chi connectivity index (χ3n) is 4.72. The van der Waals surface area contributed by atoms with E-state index in [1.807, 2.05) is 11.6 Å². The van der Waals surface area contributed by atoms with E-state index in [9.17, 15) is 0 Å². The van der Waals surface area contributed by atoms with Crippen molar-refractivity contribution in [2.45, 2.75) is 54.1 Å². The molecule has 3 aromatic rings. The van der Waals surface area contributed by atoms with Crippen molar-refractivity contribution in [3.05, 3.63) is 33.7 Å². The summed E-state index contributed by atoms with van der Waals surface area (Å²) in [6.45, 7) is 12.7. The van der Waals surface area contributed by atoms with Gasteiger partial charge in [0.2, 0.25) is 0 Å². The quantitative estimate of drug-likeness (QED) is 0.625. The molecule has 146 valence electrons. The SMILES string of the molecule is COCCn1nc(C)c(CNc2nc(C)nc3scc(CC(C)C)c23)c1C.